The Labute approximate surface area is 405 Å². The van der Waals surface area contributed by atoms with E-state index < -0.39 is 24.3 Å². The molecule has 1 aromatic heterocycles. The first-order chi connectivity index (χ1) is 34.1. The molecule has 3 N–H and O–H groups in total. The standard InChI is InChI=1S/C54H55N7O9/c1-66-28-31-19-45(60(26-31)51(62)48(58-53(64)68-3)33-11-7-5-8-12-33)43-23-40-39-24-47-41(22-35(39)16-18-42(40)56-43)38-17-15-36(21-37(38)30-70-47)44-25-55-50(57-44)46-20-32(29-67-2)27-61(46)52(63)49(59-54(65)69-4)34-13-9-6-10-14-34/h5-18,21-22,24-25,31-32,45-46,48-49H,19-20,23,26-30H2,1-4H3,(H,55,57)(H,58,64)(H,59,65)/t31-,32-,45-,46-,48+,49+/m0/s1. The van der Waals surface area contributed by atoms with Gasteiger partial charge in [0.25, 0.3) is 5.91 Å². The average Bonchev–Trinajstić information content (AvgIpc) is 4.23. The fourth-order valence-corrected chi connectivity index (χ4v) is 10.7. The number of hydrogen-bond acceptors (Lipinski definition) is 11. The predicted octanol–water partition coefficient (Wildman–Crippen LogP) is 8.01. The number of H-pyrrole nitrogens is 1. The van der Waals surface area contributed by atoms with Crippen molar-refractivity contribution in [1.82, 2.24) is 30.4 Å². The van der Waals surface area contributed by atoms with Crippen molar-refractivity contribution in [3.05, 3.63) is 137 Å². The Bertz CT molecular complexity index is 2980. The summed E-state index contributed by atoms with van der Waals surface area (Å²) in [5, 5.41) is 7.61. The molecule has 4 amide bonds. The van der Waals surface area contributed by atoms with Gasteiger partial charge < -0.3 is 49.1 Å². The molecule has 0 spiro atoms. The maximum absolute atomic E-state index is 14.5. The van der Waals surface area contributed by atoms with Crippen molar-refractivity contribution >= 4 is 46.2 Å². The number of aromatic amines is 1. The molecule has 2 fully saturated rings. The molecular weight excluding hydrogens is 891 g/mol. The second-order valence-electron chi connectivity index (χ2n) is 18.3. The van der Waals surface area contributed by atoms with Crippen LogP contribution in [0.2, 0.25) is 0 Å². The first kappa shape index (κ1) is 46.2. The normalized spacial score (nSPS) is 19.9. The molecule has 6 atom stereocenters. The number of aliphatic imine (C=N–C) groups is 1. The van der Waals surface area contributed by atoms with Gasteiger partial charge >= 0.3 is 12.2 Å². The number of carbonyl (C=O) groups is 4. The van der Waals surface area contributed by atoms with E-state index >= 15 is 0 Å². The lowest BCUT2D eigenvalue weighted by molar-refractivity contribution is -0.135. The Morgan fingerprint density at radius 3 is 1.96 bits per heavy atom. The lowest BCUT2D eigenvalue weighted by atomic mass is 9.90. The SMILES string of the molecule is COC[C@H]1C[C@@H](C2=Nc3ccc4cc5c(cc4c3C2)OCc2cc(-c3cnc([C@@H]4C[C@H](COC)CN4C(=O)[C@H](NC(=O)OC)c4ccccc4)[nH]3)ccc2-5)N(C(=O)[C@H](NC(=O)OC)c2ccccc2)C1. The predicted molar refractivity (Wildman–Crippen MR) is 261 cm³/mol. The van der Waals surface area contributed by atoms with E-state index in [1.54, 1.807) is 25.3 Å². The van der Waals surface area contributed by atoms with E-state index in [4.69, 9.17) is 33.7 Å². The highest BCUT2D eigenvalue weighted by atomic mass is 16.5. The maximum atomic E-state index is 14.5. The minimum atomic E-state index is -0.952. The molecule has 16 nitrogen and oxygen atoms in total. The molecule has 0 unspecified atom stereocenters. The van der Waals surface area contributed by atoms with E-state index in [9.17, 15) is 19.2 Å². The summed E-state index contributed by atoms with van der Waals surface area (Å²) >= 11 is 0. The van der Waals surface area contributed by atoms with Crippen LogP contribution in [0.3, 0.4) is 0 Å². The summed E-state index contributed by atoms with van der Waals surface area (Å²) in [5.41, 5.74) is 8.96. The van der Waals surface area contributed by atoms with Crippen molar-refractivity contribution in [2.45, 2.75) is 50.0 Å². The average molecular weight is 946 g/mol. The van der Waals surface area contributed by atoms with Gasteiger partial charge in [-0.05, 0) is 81.3 Å². The van der Waals surface area contributed by atoms with Crippen LogP contribution in [0.25, 0.3) is 33.2 Å². The van der Waals surface area contributed by atoms with Gasteiger partial charge in [0.05, 0.1) is 57.1 Å². The topological polar surface area (TPSA) is 186 Å². The van der Waals surface area contributed by atoms with Gasteiger partial charge in [-0.25, -0.2) is 14.6 Å². The number of imidazole rings is 1. The smallest absolute Gasteiger partial charge is 0.407 e. The summed E-state index contributed by atoms with van der Waals surface area (Å²) in [6.07, 6.45) is 2.28. The van der Waals surface area contributed by atoms with Crippen molar-refractivity contribution in [2.75, 3.05) is 54.7 Å². The monoisotopic (exact) mass is 945 g/mol. The summed E-state index contributed by atoms with van der Waals surface area (Å²) in [7, 11) is 5.88. The van der Waals surface area contributed by atoms with Crippen LogP contribution in [-0.4, -0.2) is 110 Å². The quantitative estimate of drug-likeness (QED) is 0.102. The van der Waals surface area contributed by atoms with E-state index in [2.05, 4.69) is 52.0 Å². The number of nitrogens with one attached hydrogen (secondary N) is 3. The van der Waals surface area contributed by atoms with Crippen LogP contribution in [0.15, 0.2) is 114 Å². The number of ether oxygens (including phenoxy) is 5. The molecule has 6 aromatic rings. The van der Waals surface area contributed by atoms with E-state index in [0.717, 1.165) is 61.4 Å². The molecular formula is C54H55N7O9. The fourth-order valence-electron chi connectivity index (χ4n) is 10.7. The first-order valence-corrected chi connectivity index (χ1v) is 23.5. The van der Waals surface area contributed by atoms with E-state index in [1.807, 2.05) is 71.6 Å². The molecule has 5 aromatic carbocycles. The number of alkyl carbamates (subject to hydrolysis) is 2. The third kappa shape index (κ3) is 8.95. The van der Waals surface area contributed by atoms with Crippen molar-refractivity contribution in [3.63, 3.8) is 0 Å². The number of rotatable bonds is 13. The fraction of sp³-hybridized carbons (Fsp3) is 0.333. The number of amides is 4. The molecule has 0 saturated carbocycles. The summed E-state index contributed by atoms with van der Waals surface area (Å²) < 4.78 is 27.5. The summed E-state index contributed by atoms with van der Waals surface area (Å²) in [6.45, 7) is 2.22. The number of hydrogen-bond donors (Lipinski definition) is 3. The number of methoxy groups -OCH3 is 4. The Morgan fingerprint density at radius 2 is 1.34 bits per heavy atom. The van der Waals surface area contributed by atoms with Gasteiger partial charge in [-0.3, -0.25) is 14.6 Å². The van der Waals surface area contributed by atoms with Crippen LogP contribution in [0.5, 0.6) is 5.75 Å². The van der Waals surface area contributed by atoms with E-state index in [-0.39, 0.29) is 35.7 Å². The molecule has 70 heavy (non-hydrogen) atoms. The summed E-state index contributed by atoms with van der Waals surface area (Å²) in [4.78, 5) is 71.0. The Kier molecular flexibility index (Phi) is 13.1. The van der Waals surface area contributed by atoms with Gasteiger partial charge in [-0.15, -0.1) is 0 Å². The molecule has 4 aliphatic rings. The Morgan fingerprint density at radius 1 is 0.729 bits per heavy atom. The molecule has 0 bridgehead atoms. The van der Waals surface area contributed by atoms with Gasteiger partial charge in [-0.2, -0.15) is 0 Å². The molecule has 0 aliphatic carbocycles. The van der Waals surface area contributed by atoms with E-state index in [1.165, 1.54) is 14.2 Å². The molecule has 360 valence electrons. The van der Waals surface area contributed by atoms with Crippen LogP contribution in [-0.2, 0) is 41.6 Å². The van der Waals surface area contributed by atoms with Gasteiger partial charge in [0.2, 0.25) is 5.91 Å². The third-order valence-electron chi connectivity index (χ3n) is 14.0. The van der Waals surface area contributed by atoms with Crippen molar-refractivity contribution in [2.24, 2.45) is 16.8 Å². The second kappa shape index (κ2) is 19.8. The van der Waals surface area contributed by atoms with Crippen molar-refractivity contribution < 1.29 is 42.9 Å². The summed E-state index contributed by atoms with van der Waals surface area (Å²) in [5.74, 6) is 1.09. The summed E-state index contributed by atoms with van der Waals surface area (Å²) in [6, 6.07) is 30.5. The second-order valence-corrected chi connectivity index (χ2v) is 18.3. The zero-order valence-electron chi connectivity index (χ0n) is 39.5. The largest absolute Gasteiger partial charge is 0.488 e. The molecule has 10 rings (SSSR count). The van der Waals surface area contributed by atoms with Gasteiger partial charge in [0.15, 0.2) is 0 Å². The van der Waals surface area contributed by atoms with Crippen LogP contribution in [0, 0.1) is 11.8 Å². The number of nitrogens with zero attached hydrogens (tertiary/aromatic N) is 4. The number of fused-ring (bicyclic) bond motifs is 6. The number of carbonyl (C=O) groups excluding carboxylic acids is 4. The number of aromatic nitrogens is 2. The van der Waals surface area contributed by atoms with Crippen molar-refractivity contribution in [1.29, 1.82) is 0 Å². The first-order valence-electron chi connectivity index (χ1n) is 23.5. The highest BCUT2D eigenvalue weighted by Gasteiger charge is 2.44. The zero-order chi connectivity index (χ0) is 48.5. The molecule has 0 radical (unpaired) electrons. The minimum absolute atomic E-state index is 0.0633. The van der Waals surface area contributed by atoms with Gasteiger partial charge in [-0.1, -0.05) is 78.9 Å². The van der Waals surface area contributed by atoms with Gasteiger partial charge in [0, 0.05) is 56.8 Å². The Hall–Kier alpha value is -7.56. The van der Waals surface area contributed by atoms with E-state index in [0.29, 0.717) is 69.1 Å². The molecule has 2 saturated heterocycles. The van der Waals surface area contributed by atoms with Gasteiger partial charge in [0.1, 0.15) is 30.3 Å². The highest BCUT2D eigenvalue weighted by Crippen LogP contribution is 2.45. The third-order valence-corrected chi connectivity index (χ3v) is 14.0. The highest BCUT2D eigenvalue weighted by molar-refractivity contribution is 6.07. The minimum Gasteiger partial charge on any atom is -0.488 e. The maximum Gasteiger partial charge on any atom is 0.407 e. The van der Waals surface area contributed by atoms with Crippen molar-refractivity contribution in [3.8, 4) is 28.1 Å². The lowest BCUT2D eigenvalue weighted by Gasteiger charge is -2.29. The number of likely N-dealkylation sites (tertiary alicyclic amines) is 2. The molecule has 5 heterocycles. The Balaban J connectivity index is 0.890. The number of benzene rings is 5. The lowest BCUT2D eigenvalue weighted by Crippen LogP contribution is -2.47. The van der Waals surface area contributed by atoms with Crippen LogP contribution < -0.4 is 15.4 Å². The van der Waals surface area contributed by atoms with Crippen LogP contribution in [0.4, 0.5) is 15.3 Å². The molecule has 16 heteroatoms. The zero-order valence-corrected chi connectivity index (χ0v) is 39.5. The van der Waals surface area contributed by atoms with Crippen LogP contribution >= 0.6 is 0 Å². The molecule has 4 aliphatic heterocycles. The van der Waals surface area contributed by atoms with Crippen LogP contribution in [0.1, 0.15) is 59.0 Å².